The second-order valence-electron chi connectivity index (χ2n) is 4.07. The third-order valence-corrected chi connectivity index (χ3v) is 2.86. The number of halogens is 3. The smallest absolute Gasteiger partial charge is 0.372 e. The Morgan fingerprint density at radius 1 is 1.06 bits per heavy atom. The number of hydrogen-bond acceptors (Lipinski definition) is 2. The van der Waals surface area contributed by atoms with E-state index in [4.69, 9.17) is 0 Å². The van der Waals surface area contributed by atoms with Crippen LogP contribution in [0.15, 0.2) is 24.3 Å². The summed E-state index contributed by atoms with van der Waals surface area (Å²) in [6.45, 7) is 1.85. The van der Waals surface area contributed by atoms with E-state index in [0.29, 0.717) is 0 Å². The van der Waals surface area contributed by atoms with E-state index >= 15 is 0 Å². The number of benzene rings is 1. The Morgan fingerprint density at radius 2 is 1.59 bits per heavy atom. The molecule has 1 aliphatic rings. The van der Waals surface area contributed by atoms with Crippen molar-refractivity contribution < 1.29 is 18.0 Å². The highest BCUT2D eigenvalue weighted by atomic mass is 19.4. The van der Waals surface area contributed by atoms with Gasteiger partial charge in [0.25, 0.3) is 5.78 Å². The number of hydrogen-bond donors (Lipinski definition) is 0. The molecule has 1 aromatic rings. The molecule has 1 heterocycles. The molecule has 0 spiro atoms. The summed E-state index contributed by atoms with van der Waals surface area (Å²) in [6, 6.07) is 5.63. The largest absolute Gasteiger partial charge is 0.454 e. The van der Waals surface area contributed by atoms with E-state index in [9.17, 15) is 18.0 Å². The van der Waals surface area contributed by atoms with E-state index in [1.54, 1.807) is 12.1 Å². The van der Waals surface area contributed by atoms with E-state index < -0.39 is 12.0 Å². The SMILES string of the molecule is O=C(c1ccc(N2CCCC2)cc1)C(F)(F)F. The second-order valence-corrected chi connectivity index (χ2v) is 4.07. The molecule has 2 nitrogen and oxygen atoms in total. The van der Waals surface area contributed by atoms with Crippen LogP contribution in [0.5, 0.6) is 0 Å². The third-order valence-electron chi connectivity index (χ3n) is 2.86. The lowest BCUT2D eigenvalue weighted by Crippen LogP contribution is -2.23. The van der Waals surface area contributed by atoms with Crippen molar-refractivity contribution in [2.45, 2.75) is 19.0 Å². The summed E-state index contributed by atoms with van der Waals surface area (Å²) >= 11 is 0. The topological polar surface area (TPSA) is 20.3 Å². The number of anilines is 1. The highest BCUT2D eigenvalue weighted by Gasteiger charge is 2.39. The maximum atomic E-state index is 12.2. The van der Waals surface area contributed by atoms with Crippen LogP contribution in [0.2, 0.25) is 0 Å². The monoisotopic (exact) mass is 243 g/mol. The molecule has 2 rings (SSSR count). The molecular weight excluding hydrogens is 231 g/mol. The fourth-order valence-corrected chi connectivity index (χ4v) is 1.96. The maximum Gasteiger partial charge on any atom is 0.454 e. The fourth-order valence-electron chi connectivity index (χ4n) is 1.96. The van der Waals surface area contributed by atoms with Gasteiger partial charge in [-0.15, -0.1) is 0 Å². The molecule has 0 amide bonds. The van der Waals surface area contributed by atoms with E-state index in [2.05, 4.69) is 4.90 Å². The first-order valence-corrected chi connectivity index (χ1v) is 5.45. The Labute approximate surface area is 97.0 Å². The van der Waals surface area contributed by atoms with Crippen LogP contribution in [0, 0.1) is 0 Å². The highest BCUT2D eigenvalue weighted by molar-refractivity contribution is 6.00. The molecule has 1 aliphatic heterocycles. The predicted molar refractivity (Wildman–Crippen MR) is 58.3 cm³/mol. The first kappa shape index (κ1) is 12.0. The van der Waals surface area contributed by atoms with Crippen LogP contribution in [0.1, 0.15) is 23.2 Å². The number of ketones is 1. The van der Waals surface area contributed by atoms with Crippen molar-refractivity contribution in [1.29, 1.82) is 0 Å². The normalized spacial score (nSPS) is 16.3. The zero-order chi connectivity index (χ0) is 12.5. The molecule has 0 atom stereocenters. The molecule has 0 aromatic heterocycles. The zero-order valence-electron chi connectivity index (χ0n) is 9.13. The van der Waals surface area contributed by atoms with Gasteiger partial charge in [-0.05, 0) is 37.1 Å². The average Bonchev–Trinajstić information content (AvgIpc) is 2.80. The molecular formula is C12H12F3NO. The lowest BCUT2D eigenvalue weighted by atomic mass is 10.1. The van der Waals surface area contributed by atoms with Gasteiger partial charge in [-0.1, -0.05) is 0 Å². The molecule has 0 unspecified atom stereocenters. The Kier molecular flexibility index (Phi) is 3.09. The zero-order valence-corrected chi connectivity index (χ0v) is 9.13. The van der Waals surface area contributed by atoms with E-state index in [0.717, 1.165) is 31.6 Å². The van der Waals surface area contributed by atoms with Crippen molar-refractivity contribution in [2.24, 2.45) is 0 Å². The lowest BCUT2D eigenvalue weighted by molar-refractivity contribution is -0.0885. The van der Waals surface area contributed by atoms with Crippen molar-refractivity contribution in [3.63, 3.8) is 0 Å². The Morgan fingerprint density at radius 3 is 2.06 bits per heavy atom. The molecule has 92 valence electrons. The number of carbonyl (C=O) groups excluding carboxylic acids is 1. The van der Waals surface area contributed by atoms with Gasteiger partial charge < -0.3 is 4.90 Å². The van der Waals surface area contributed by atoms with Crippen LogP contribution in [-0.4, -0.2) is 25.0 Å². The van der Waals surface area contributed by atoms with Crippen molar-refractivity contribution in [3.8, 4) is 0 Å². The van der Waals surface area contributed by atoms with Gasteiger partial charge in [0.1, 0.15) is 0 Å². The summed E-state index contributed by atoms with van der Waals surface area (Å²) in [5.41, 5.74) is 0.571. The standard InChI is InChI=1S/C12H12F3NO/c13-12(14,15)11(17)9-3-5-10(6-4-9)16-7-1-2-8-16/h3-6H,1-2,7-8H2. The molecule has 0 aliphatic carbocycles. The molecule has 0 N–H and O–H groups in total. The Bertz CT molecular complexity index is 405. The van der Waals surface area contributed by atoms with Gasteiger partial charge in [-0.2, -0.15) is 13.2 Å². The number of Topliss-reactive ketones (excluding diaryl/α,β-unsaturated/α-hetero) is 1. The summed E-state index contributed by atoms with van der Waals surface area (Å²) in [4.78, 5) is 13.1. The van der Waals surface area contributed by atoms with E-state index in [1.165, 1.54) is 12.1 Å². The van der Waals surface area contributed by atoms with Crippen LogP contribution in [0.4, 0.5) is 18.9 Å². The van der Waals surface area contributed by atoms with Crippen LogP contribution in [0.25, 0.3) is 0 Å². The lowest BCUT2D eigenvalue weighted by Gasteiger charge is -2.17. The molecule has 1 saturated heterocycles. The predicted octanol–water partition coefficient (Wildman–Crippen LogP) is 3.03. The number of carbonyl (C=O) groups is 1. The van der Waals surface area contributed by atoms with Crippen LogP contribution in [0.3, 0.4) is 0 Å². The fraction of sp³-hybridized carbons (Fsp3) is 0.417. The summed E-state index contributed by atoms with van der Waals surface area (Å²) < 4.78 is 36.5. The van der Waals surface area contributed by atoms with E-state index in [-0.39, 0.29) is 5.56 Å². The molecule has 0 bridgehead atoms. The van der Waals surface area contributed by atoms with Crippen LogP contribution in [-0.2, 0) is 0 Å². The van der Waals surface area contributed by atoms with Crippen LogP contribution >= 0.6 is 0 Å². The van der Waals surface area contributed by atoms with Gasteiger partial charge in [-0.3, -0.25) is 4.79 Å². The van der Waals surface area contributed by atoms with Crippen molar-refractivity contribution >= 4 is 11.5 Å². The van der Waals surface area contributed by atoms with Gasteiger partial charge in [0.05, 0.1) is 0 Å². The van der Waals surface area contributed by atoms with Gasteiger partial charge in [-0.25, -0.2) is 0 Å². The first-order valence-electron chi connectivity index (χ1n) is 5.45. The molecule has 1 aromatic carbocycles. The minimum Gasteiger partial charge on any atom is -0.372 e. The summed E-state index contributed by atoms with van der Waals surface area (Å²) in [5, 5.41) is 0. The summed E-state index contributed by atoms with van der Waals surface area (Å²) in [5.74, 6) is -1.79. The molecule has 1 fully saturated rings. The van der Waals surface area contributed by atoms with Gasteiger partial charge in [0.15, 0.2) is 0 Å². The molecule has 17 heavy (non-hydrogen) atoms. The van der Waals surface area contributed by atoms with Gasteiger partial charge in [0, 0.05) is 24.3 Å². The second kappa shape index (κ2) is 4.39. The van der Waals surface area contributed by atoms with Crippen LogP contribution < -0.4 is 4.90 Å². The third kappa shape index (κ3) is 2.60. The number of alkyl halides is 3. The minimum atomic E-state index is -4.80. The number of rotatable bonds is 2. The Balaban J connectivity index is 2.15. The maximum absolute atomic E-state index is 12.2. The van der Waals surface area contributed by atoms with E-state index in [1.807, 2.05) is 0 Å². The minimum absolute atomic E-state index is 0.305. The summed E-state index contributed by atoms with van der Waals surface area (Å²) in [7, 11) is 0. The van der Waals surface area contributed by atoms with Crippen molar-refractivity contribution in [1.82, 2.24) is 0 Å². The molecule has 5 heteroatoms. The van der Waals surface area contributed by atoms with Gasteiger partial charge >= 0.3 is 6.18 Å². The number of nitrogens with zero attached hydrogens (tertiary/aromatic N) is 1. The average molecular weight is 243 g/mol. The van der Waals surface area contributed by atoms with Gasteiger partial charge in [0.2, 0.25) is 0 Å². The molecule has 0 saturated carbocycles. The van der Waals surface area contributed by atoms with Crippen molar-refractivity contribution in [3.05, 3.63) is 29.8 Å². The first-order chi connectivity index (χ1) is 7.98. The van der Waals surface area contributed by atoms with Crippen molar-refractivity contribution in [2.75, 3.05) is 18.0 Å². The highest BCUT2D eigenvalue weighted by Crippen LogP contribution is 2.24. The summed E-state index contributed by atoms with van der Waals surface area (Å²) in [6.07, 6.45) is -2.60. The quantitative estimate of drug-likeness (QED) is 0.744. The Hall–Kier alpha value is -1.52. The molecule has 0 radical (unpaired) electrons.